The zero-order valence-corrected chi connectivity index (χ0v) is 12.2. The summed E-state index contributed by atoms with van der Waals surface area (Å²) in [5.74, 6) is -0.0353. The van der Waals surface area contributed by atoms with Crippen LogP contribution in [0.5, 0.6) is 0 Å². The third kappa shape index (κ3) is 2.15. The fourth-order valence-electron chi connectivity index (χ4n) is 1.84. The van der Waals surface area contributed by atoms with Gasteiger partial charge in [-0.3, -0.25) is 0 Å². The maximum absolute atomic E-state index is 11.9. The third-order valence-electron chi connectivity index (χ3n) is 2.64. The predicted molar refractivity (Wildman–Crippen MR) is 77.5 cm³/mol. The number of hydrogen-bond donors (Lipinski definition) is 1. The Hall–Kier alpha value is -1.33. The van der Waals surface area contributed by atoms with E-state index in [1.54, 1.807) is 11.3 Å². The summed E-state index contributed by atoms with van der Waals surface area (Å²) >= 11 is 3.08. The van der Waals surface area contributed by atoms with Gasteiger partial charge in [-0.2, -0.15) is 0 Å². The molecule has 0 spiro atoms. The number of ether oxygens (including phenoxy) is 1. The van der Waals surface area contributed by atoms with Crippen molar-refractivity contribution in [3.63, 3.8) is 0 Å². The Labute approximate surface area is 114 Å². The molecule has 0 radical (unpaired) electrons. The molecule has 5 heteroatoms. The van der Waals surface area contributed by atoms with Crippen LogP contribution in [-0.2, 0) is 4.74 Å². The fourth-order valence-corrected chi connectivity index (χ4v) is 3.77. The molecule has 0 aliphatic carbocycles. The monoisotopic (exact) mass is 281 g/mol. The lowest BCUT2D eigenvalue weighted by Crippen LogP contribution is -2.04. The quantitative estimate of drug-likeness (QED) is 0.866. The van der Waals surface area contributed by atoms with E-state index < -0.39 is 0 Å². The Morgan fingerprint density at radius 3 is 2.67 bits per heavy atom. The molecule has 0 amide bonds. The summed E-state index contributed by atoms with van der Waals surface area (Å²) in [4.78, 5) is 14.1. The van der Waals surface area contributed by atoms with Gasteiger partial charge in [-0.1, -0.05) is 19.9 Å². The van der Waals surface area contributed by atoms with Gasteiger partial charge in [0.25, 0.3) is 0 Å². The Morgan fingerprint density at radius 1 is 1.44 bits per heavy atom. The number of nitrogen functional groups attached to an aromatic ring is 1. The third-order valence-corrected chi connectivity index (χ3v) is 4.85. The molecule has 0 unspecified atom stereocenters. The van der Waals surface area contributed by atoms with Gasteiger partial charge in [0.05, 0.1) is 7.11 Å². The highest BCUT2D eigenvalue weighted by Crippen LogP contribution is 2.44. The average molecular weight is 281 g/mol. The van der Waals surface area contributed by atoms with Crippen LogP contribution < -0.4 is 5.73 Å². The van der Waals surface area contributed by atoms with Crippen LogP contribution in [0.4, 0.5) is 5.00 Å². The van der Waals surface area contributed by atoms with Crippen molar-refractivity contribution < 1.29 is 9.53 Å². The first-order chi connectivity index (χ1) is 8.56. The molecule has 96 valence electrons. The summed E-state index contributed by atoms with van der Waals surface area (Å²) in [6.45, 7) is 4.20. The minimum atomic E-state index is -0.362. The summed E-state index contributed by atoms with van der Waals surface area (Å²) in [7, 11) is 1.38. The highest BCUT2D eigenvalue weighted by molar-refractivity contribution is 7.18. The molecule has 18 heavy (non-hydrogen) atoms. The van der Waals surface area contributed by atoms with Crippen LogP contribution in [0.1, 0.15) is 35.0 Å². The molecular formula is C13H15NO2S2. The highest BCUT2D eigenvalue weighted by Gasteiger charge is 2.25. The van der Waals surface area contributed by atoms with Gasteiger partial charge in [0, 0.05) is 15.3 Å². The number of anilines is 1. The van der Waals surface area contributed by atoms with Gasteiger partial charge in [0.15, 0.2) is 0 Å². The van der Waals surface area contributed by atoms with Crippen molar-refractivity contribution in [1.82, 2.24) is 0 Å². The van der Waals surface area contributed by atoms with Crippen LogP contribution >= 0.6 is 22.7 Å². The van der Waals surface area contributed by atoms with Gasteiger partial charge >= 0.3 is 5.97 Å². The Balaban J connectivity index is 2.69. The summed E-state index contributed by atoms with van der Waals surface area (Å²) in [6, 6.07) is 3.98. The van der Waals surface area contributed by atoms with E-state index in [0.717, 1.165) is 15.3 Å². The van der Waals surface area contributed by atoms with Crippen molar-refractivity contribution >= 4 is 33.6 Å². The maximum Gasteiger partial charge on any atom is 0.341 e. The Bertz CT molecular complexity index is 556. The van der Waals surface area contributed by atoms with E-state index in [4.69, 9.17) is 10.5 Å². The van der Waals surface area contributed by atoms with Gasteiger partial charge in [-0.05, 0) is 17.4 Å². The number of hydrogen-bond acceptors (Lipinski definition) is 5. The largest absolute Gasteiger partial charge is 0.465 e. The van der Waals surface area contributed by atoms with Gasteiger partial charge in [-0.15, -0.1) is 22.7 Å². The summed E-state index contributed by atoms with van der Waals surface area (Å²) in [6.07, 6.45) is 0. The summed E-state index contributed by atoms with van der Waals surface area (Å²) < 4.78 is 4.84. The van der Waals surface area contributed by atoms with Crippen molar-refractivity contribution in [2.45, 2.75) is 19.8 Å². The topological polar surface area (TPSA) is 52.3 Å². The average Bonchev–Trinajstić information content (AvgIpc) is 2.94. The number of methoxy groups -OCH3 is 1. The minimum absolute atomic E-state index is 0.327. The second kappa shape index (κ2) is 5.12. The van der Waals surface area contributed by atoms with Gasteiger partial charge in [0.2, 0.25) is 0 Å². The molecular weight excluding hydrogens is 266 g/mol. The first-order valence-electron chi connectivity index (χ1n) is 5.60. The molecule has 0 fully saturated rings. The molecule has 0 bridgehead atoms. The van der Waals surface area contributed by atoms with Crippen molar-refractivity contribution in [3.05, 3.63) is 28.0 Å². The molecule has 0 saturated carbocycles. The van der Waals surface area contributed by atoms with E-state index in [9.17, 15) is 4.79 Å². The summed E-state index contributed by atoms with van der Waals surface area (Å²) in [5, 5.41) is 2.53. The van der Waals surface area contributed by atoms with Crippen LogP contribution in [0.25, 0.3) is 10.4 Å². The molecule has 0 aliphatic heterocycles. The van der Waals surface area contributed by atoms with Crippen molar-refractivity contribution in [1.29, 1.82) is 0 Å². The number of nitrogens with two attached hydrogens (primary N) is 1. The van der Waals surface area contributed by atoms with Crippen molar-refractivity contribution in [2.75, 3.05) is 12.8 Å². The Kier molecular flexibility index (Phi) is 3.73. The van der Waals surface area contributed by atoms with Crippen molar-refractivity contribution in [3.8, 4) is 10.4 Å². The van der Waals surface area contributed by atoms with Crippen LogP contribution in [0.3, 0.4) is 0 Å². The van der Waals surface area contributed by atoms with Crippen LogP contribution in [0.15, 0.2) is 17.5 Å². The van der Waals surface area contributed by atoms with E-state index in [2.05, 4.69) is 13.8 Å². The van der Waals surface area contributed by atoms with Gasteiger partial charge in [0.1, 0.15) is 10.6 Å². The number of carbonyl (C=O) groups excluding carboxylic acids is 1. The molecule has 2 aromatic heterocycles. The number of esters is 1. The van der Waals surface area contributed by atoms with Crippen molar-refractivity contribution in [2.24, 2.45) is 0 Å². The van der Waals surface area contributed by atoms with E-state index in [1.807, 2.05) is 17.5 Å². The second-order valence-electron chi connectivity index (χ2n) is 4.20. The van der Waals surface area contributed by atoms with E-state index in [-0.39, 0.29) is 5.97 Å². The zero-order chi connectivity index (χ0) is 13.3. The smallest absolute Gasteiger partial charge is 0.341 e. The SMILES string of the molecule is COC(=O)c1c(N)sc(C(C)C)c1-c1cccs1. The molecule has 2 aromatic rings. The first-order valence-corrected chi connectivity index (χ1v) is 7.30. The number of carbonyl (C=O) groups is 1. The lowest BCUT2D eigenvalue weighted by Gasteiger charge is -2.07. The zero-order valence-electron chi connectivity index (χ0n) is 10.5. The molecule has 0 atom stereocenters. The number of rotatable bonds is 3. The number of thiophene rings is 2. The molecule has 2 N–H and O–H groups in total. The normalized spacial score (nSPS) is 10.9. The van der Waals surface area contributed by atoms with Crippen LogP contribution in [-0.4, -0.2) is 13.1 Å². The standard InChI is InChI=1S/C13H15NO2S2/c1-7(2)11-9(8-5-4-6-17-8)10(12(14)18-11)13(15)16-3/h4-7H,14H2,1-3H3. The molecule has 2 heterocycles. The molecule has 2 rings (SSSR count). The lowest BCUT2D eigenvalue weighted by molar-refractivity contribution is 0.0603. The molecule has 0 aromatic carbocycles. The predicted octanol–water partition coefficient (Wildman–Crippen LogP) is 3.97. The van der Waals surface area contributed by atoms with Crippen LogP contribution in [0, 0.1) is 0 Å². The minimum Gasteiger partial charge on any atom is -0.465 e. The van der Waals surface area contributed by atoms with Crippen LogP contribution in [0.2, 0.25) is 0 Å². The maximum atomic E-state index is 11.9. The molecule has 0 saturated heterocycles. The van der Waals surface area contributed by atoms with E-state index in [0.29, 0.717) is 16.5 Å². The molecule has 3 nitrogen and oxygen atoms in total. The summed E-state index contributed by atoms with van der Waals surface area (Å²) in [5.41, 5.74) is 7.43. The van der Waals surface area contributed by atoms with E-state index >= 15 is 0 Å². The first kappa shape index (κ1) is 13.1. The van der Waals surface area contributed by atoms with Gasteiger partial charge in [-0.25, -0.2) is 4.79 Å². The van der Waals surface area contributed by atoms with E-state index in [1.165, 1.54) is 18.4 Å². The lowest BCUT2D eigenvalue weighted by atomic mass is 10.0. The second-order valence-corrected chi connectivity index (χ2v) is 6.24. The Morgan fingerprint density at radius 2 is 2.17 bits per heavy atom. The fraction of sp³-hybridized carbons (Fsp3) is 0.308. The van der Waals surface area contributed by atoms with Gasteiger partial charge < -0.3 is 10.5 Å². The highest BCUT2D eigenvalue weighted by atomic mass is 32.1. The molecule has 0 aliphatic rings.